The number of rotatable bonds is 2. The van der Waals surface area contributed by atoms with Crippen molar-refractivity contribution in [3.8, 4) is 0 Å². The molecule has 0 spiro atoms. The van der Waals surface area contributed by atoms with Crippen LogP contribution in [-0.2, 0) is 9.47 Å². The number of hydrogen-bond donors (Lipinski definition) is 2. The van der Waals surface area contributed by atoms with Crippen molar-refractivity contribution in [2.45, 2.75) is 69.5 Å². The van der Waals surface area contributed by atoms with Crippen molar-refractivity contribution in [2.24, 2.45) is 35.5 Å². The number of aliphatic hydroxyl groups excluding tert-OH is 1. The van der Waals surface area contributed by atoms with Crippen LogP contribution in [0.1, 0.15) is 39.5 Å². The summed E-state index contributed by atoms with van der Waals surface area (Å²) in [6.45, 7) is 4.74. The summed E-state index contributed by atoms with van der Waals surface area (Å²) in [6.07, 6.45) is 4.75. The van der Waals surface area contributed by atoms with Gasteiger partial charge in [-0.15, -0.1) is 0 Å². The quantitative estimate of drug-likeness (QED) is 0.813. The Kier molecular flexibility index (Phi) is 2.89. The van der Waals surface area contributed by atoms with Gasteiger partial charge in [0.05, 0.1) is 30.0 Å². The molecule has 22 heavy (non-hydrogen) atoms. The zero-order valence-electron chi connectivity index (χ0n) is 13.5. The fourth-order valence-electron chi connectivity index (χ4n) is 6.92. The van der Waals surface area contributed by atoms with E-state index in [-0.39, 0.29) is 30.7 Å². The Morgan fingerprint density at radius 2 is 1.45 bits per heavy atom. The maximum absolute atomic E-state index is 11.2. The fraction of sp³-hybridized carbons (Fsp3) is 1.00. The first-order valence-electron chi connectivity index (χ1n) is 9.21. The predicted molar refractivity (Wildman–Crippen MR) is 80.1 cm³/mol. The molecule has 1 aliphatic carbocycles. The highest BCUT2D eigenvalue weighted by atomic mass is 16.6. The van der Waals surface area contributed by atoms with Gasteiger partial charge in [-0.05, 0) is 24.7 Å². The molecule has 2 N–H and O–H groups in total. The Balaban J connectivity index is 1.51. The first-order chi connectivity index (χ1) is 10.6. The number of fused-ring (bicyclic) bond motifs is 9. The highest BCUT2D eigenvalue weighted by molar-refractivity contribution is 5.19. The van der Waals surface area contributed by atoms with Crippen molar-refractivity contribution in [1.82, 2.24) is 0 Å². The van der Waals surface area contributed by atoms with Gasteiger partial charge in [-0.2, -0.15) is 0 Å². The minimum atomic E-state index is -0.617. The van der Waals surface area contributed by atoms with Gasteiger partial charge < -0.3 is 19.7 Å². The molecule has 4 nitrogen and oxygen atoms in total. The molecule has 5 fully saturated rings. The lowest BCUT2D eigenvalue weighted by molar-refractivity contribution is -0.0816. The summed E-state index contributed by atoms with van der Waals surface area (Å²) < 4.78 is 12.7. The molecule has 4 heterocycles. The van der Waals surface area contributed by atoms with Crippen molar-refractivity contribution in [3.63, 3.8) is 0 Å². The van der Waals surface area contributed by atoms with Crippen LogP contribution in [0.4, 0.5) is 0 Å². The van der Waals surface area contributed by atoms with E-state index in [1.165, 1.54) is 0 Å². The number of aliphatic hydroxyl groups is 2. The number of hydrogen-bond acceptors (Lipinski definition) is 4. The van der Waals surface area contributed by atoms with Crippen molar-refractivity contribution >= 4 is 0 Å². The minimum absolute atomic E-state index is 0.0968. The summed E-state index contributed by atoms with van der Waals surface area (Å²) in [5.41, 5.74) is -0.617. The zero-order chi connectivity index (χ0) is 15.2. The third kappa shape index (κ3) is 1.49. The van der Waals surface area contributed by atoms with Gasteiger partial charge in [-0.25, -0.2) is 0 Å². The lowest BCUT2D eigenvalue weighted by Crippen LogP contribution is -2.55. The molecule has 10 atom stereocenters. The maximum atomic E-state index is 11.2. The smallest absolute Gasteiger partial charge is 0.0705 e. The highest BCUT2D eigenvalue weighted by Crippen LogP contribution is 2.65. The van der Waals surface area contributed by atoms with E-state index in [0.717, 1.165) is 25.7 Å². The molecule has 0 radical (unpaired) electrons. The van der Waals surface area contributed by atoms with Crippen LogP contribution in [-0.4, -0.2) is 46.8 Å². The molecule has 5 aliphatic rings. The third-order valence-corrected chi connectivity index (χ3v) is 7.99. The molecule has 10 unspecified atom stereocenters. The van der Waals surface area contributed by atoms with Crippen LogP contribution in [0.15, 0.2) is 0 Å². The molecule has 0 amide bonds. The second-order valence-electron chi connectivity index (χ2n) is 8.69. The molecule has 0 aromatic heterocycles. The Morgan fingerprint density at radius 3 is 2.05 bits per heavy atom. The Hall–Kier alpha value is -0.160. The molecule has 4 bridgehead atoms. The van der Waals surface area contributed by atoms with Crippen LogP contribution in [0, 0.1) is 35.5 Å². The van der Waals surface area contributed by atoms with E-state index in [1.54, 1.807) is 0 Å². The van der Waals surface area contributed by atoms with E-state index < -0.39 is 5.60 Å². The standard InChI is InChI=1S/C18H28O4/c1-8-9(2)15-12-11(14(8)21-15)16-10(7-19)13(17(12)22-16)18(20)5-3-4-6-18/h8-17,19-20H,3-7H2,1-2H3. The topological polar surface area (TPSA) is 58.9 Å². The van der Waals surface area contributed by atoms with E-state index >= 15 is 0 Å². The van der Waals surface area contributed by atoms with Gasteiger partial charge in [0.2, 0.25) is 0 Å². The molecule has 124 valence electrons. The second-order valence-corrected chi connectivity index (χ2v) is 8.69. The van der Waals surface area contributed by atoms with Crippen LogP contribution in [0.3, 0.4) is 0 Å². The third-order valence-electron chi connectivity index (χ3n) is 7.99. The van der Waals surface area contributed by atoms with Gasteiger partial charge in [-0.3, -0.25) is 0 Å². The van der Waals surface area contributed by atoms with Crippen molar-refractivity contribution < 1.29 is 19.7 Å². The summed E-state index contributed by atoms with van der Waals surface area (Å²) in [4.78, 5) is 0. The Labute approximate surface area is 132 Å². The molecule has 1 saturated carbocycles. The molecule has 4 aliphatic heterocycles. The average Bonchev–Trinajstić information content (AvgIpc) is 3.25. The average molecular weight is 308 g/mol. The number of ether oxygens (including phenoxy) is 2. The first-order valence-corrected chi connectivity index (χ1v) is 9.21. The summed E-state index contributed by atoms with van der Waals surface area (Å²) >= 11 is 0. The van der Waals surface area contributed by atoms with E-state index in [4.69, 9.17) is 9.47 Å². The SMILES string of the molecule is CC1C(C)C2OC1C1C3OC(C21)C(C1(O)CCCC1)C3CO. The molecule has 4 saturated heterocycles. The van der Waals surface area contributed by atoms with Crippen LogP contribution in [0.25, 0.3) is 0 Å². The van der Waals surface area contributed by atoms with Gasteiger partial charge in [0.1, 0.15) is 0 Å². The molecule has 0 aromatic rings. The normalized spacial score (nSPS) is 61.1. The largest absolute Gasteiger partial charge is 0.396 e. The summed E-state index contributed by atoms with van der Waals surface area (Å²) in [5.74, 6) is 2.26. The van der Waals surface area contributed by atoms with Crippen LogP contribution >= 0.6 is 0 Å². The van der Waals surface area contributed by atoms with Gasteiger partial charge in [0.15, 0.2) is 0 Å². The maximum Gasteiger partial charge on any atom is 0.0705 e. The predicted octanol–water partition coefficient (Wildman–Crippen LogP) is 1.58. The summed E-state index contributed by atoms with van der Waals surface area (Å²) in [6, 6.07) is 0. The van der Waals surface area contributed by atoms with E-state index in [0.29, 0.717) is 35.9 Å². The van der Waals surface area contributed by atoms with Crippen LogP contribution in [0.5, 0.6) is 0 Å². The molecule has 4 heteroatoms. The Bertz CT molecular complexity index is 474. The van der Waals surface area contributed by atoms with Gasteiger partial charge in [0.25, 0.3) is 0 Å². The van der Waals surface area contributed by atoms with E-state index in [9.17, 15) is 10.2 Å². The zero-order valence-corrected chi connectivity index (χ0v) is 13.5. The minimum Gasteiger partial charge on any atom is -0.396 e. The van der Waals surface area contributed by atoms with Crippen molar-refractivity contribution in [2.75, 3.05) is 6.61 Å². The lowest BCUT2D eigenvalue weighted by Gasteiger charge is -2.45. The second kappa shape index (κ2) is 4.47. The van der Waals surface area contributed by atoms with Gasteiger partial charge >= 0.3 is 0 Å². The van der Waals surface area contributed by atoms with Crippen molar-refractivity contribution in [3.05, 3.63) is 0 Å². The van der Waals surface area contributed by atoms with E-state index in [1.807, 2.05) is 0 Å². The molecular weight excluding hydrogens is 280 g/mol. The monoisotopic (exact) mass is 308 g/mol. The summed E-state index contributed by atoms with van der Waals surface area (Å²) in [7, 11) is 0. The van der Waals surface area contributed by atoms with Crippen LogP contribution < -0.4 is 0 Å². The van der Waals surface area contributed by atoms with Gasteiger partial charge in [-0.1, -0.05) is 26.7 Å². The van der Waals surface area contributed by atoms with E-state index in [2.05, 4.69) is 13.8 Å². The van der Waals surface area contributed by atoms with Crippen LogP contribution in [0.2, 0.25) is 0 Å². The molecule has 0 aromatic carbocycles. The Morgan fingerprint density at radius 1 is 0.909 bits per heavy atom. The van der Waals surface area contributed by atoms with Gasteiger partial charge in [0, 0.05) is 30.3 Å². The fourth-order valence-corrected chi connectivity index (χ4v) is 6.92. The lowest BCUT2D eigenvalue weighted by atomic mass is 9.56. The highest BCUT2D eigenvalue weighted by Gasteiger charge is 2.73. The first kappa shape index (κ1) is 14.2. The summed E-state index contributed by atoms with van der Waals surface area (Å²) in [5, 5.41) is 21.2. The molecule has 5 rings (SSSR count). The molecular formula is C18H28O4. The van der Waals surface area contributed by atoms with Crippen molar-refractivity contribution in [1.29, 1.82) is 0 Å².